The van der Waals surface area contributed by atoms with E-state index in [0.717, 1.165) is 54.7 Å². The number of hydrogen-bond acceptors (Lipinski definition) is 5. The highest BCUT2D eigenvalue weighted by Crippen LogP contribution is 2.46. The van der Waals surface area contributed by atoms with E-state index in [2.05, 4.69) is 28.8 Å². The molecule has 1 N–H and O–H groups in total. The van der Waals surface area contributed by atoms with Crippen LogP contribution < -0.4 is 9.47 Å². The van der Waals surface area contributed by atoms with Gasteiger partial charge in [-0.15, -0.1) is 0 Å². The molecule has 0 radical (unpaired) electrons. The molecule has 0 amide bonds. The number of nitrogens with zero attached hydrogens (tertiary/aromatic N) is 2. The largest absolute Gasteiger partial charge is 0.493 e. The Balaban J connectivity index is 1.48. The van der Waals surface area contributed by atoms with E-state index in [0.29, 0.717) is 22.9 Å². The van der Waals surface area contributed by atoms with Gasteiger partial charge in [0.25, 0.3) is 0 Å². The zero-order chi connectivity index (χ0) is 26.8. The zero-order valence-corrected chi connectivity index (χ0v) is 22.9. The number of halogens is 1. The number of carboxylic acids is 1. The number of methoxy groups -OCH3 is 2. The third-order valence-electron chi connectivity index (χ3n) is 8.02. The highest BCUT2D eigenvalue weighted by molar-refractivity contribution is 6.30. The van der Waals surface area contributed by atoms with Gasteiger partial charge in [-0.05, 0) is 69.1 Å². The summed E-state index contributed by atoms with van der Waals surface area (Å²) in [6.07, 6.45) is 5.60. The minimum absolute atomic E-state index is 0.210. The molecule has 0 spiro atoms. The summed E-state index contributed by atoms with van der Waals surface area (Å²) in [5.41, 5.74) is 3.90. The van der Waals surface area contributed by atoms with Crippen molar-refractivity contribution in [1.29, 1.82) is 0 Å². The first-order chi connectivity index (χ1) is 18.4. The van der Waals surface area contributed by atoms with Crippen molar-refractivity contribution in [2.24, 2.45) is 5.92 Å². The van der Waals surface area contributed by atoms with Crippen LogP contribution in [-0.4, -0.2) is 54.4 Å². The molecule has 0 unspecified atom stereocenters. The lowest BCUT2D eigenvalue weighted by atomic mass is 9.85. The number of benzene rings is 2. The minimum Gasteiger partial charge on any atom is -0.493 e. The second-order valence-electron chi connectivity index (χ2n) is 10.2. The zero-order valence-electron chi connectivity index (χ0n) is 22.1. The molecule has 5 rings (SSSR count). The van der Waals surface area contributed by atoms with Gasteiger partial charge in [-0.2, -0.15) is 0 Å². The third-order valence-corrected chi connectivity index (χ3v) is 8.26. The highest BCUT2D eigenvalue weighted by atomic mass is 35.5. The molecular weight excluding hydrogens is 504 g/mol. The van der Waals surface area contributed by atoms with E-state index >= 15 is 0 Å². The van der Waals surface area contributed by atoms with Gasteiger partial charge in [-0.1, -0.05) is 30.2 Å². The number of ether oxygens (including phenoxy) is 3. The molecule has 7 nitrogen and oxygen atoms in total. The molecule has 3 aromatic rings. The second kappa shape index (κ2) is 11.4. The van der Waals surface area contributed by atoms with Crippen LogP contribution in [0.3, 0.4) is 0 Å². The molecule has 2 aromatic carbocycles. The number of carbonyl (C=O) groups is 1. The van der Waals surface area contributed by atoms with E-state index in [4.69, 9.17) is 25.8 Å². The van der Waals surface area contributed by atoms with Crippen LogP contribution in [0, 0.1) is 5.92 Å². The van der Waals surface area contributed by atoms with Gasteiger partial charge < -0.3 is 28.8 Å². The lowest BCUT2D eigenvalue weighted by Gasteiger charge is -2.35. The van der Waals surface area contributed by atoms with Crippen molar-refractivity contribution in [3.8, 4) is 17.2 Å². The summed E-state index contributed by atoms with van der Waals surface area (Å²) in [5, 5.41) is 10.2. The number of fused-ring (bicyclic) bond motifs is 3. The average molecular weight is 539 g/mol. The summed E-state index contributed by atoms with van der Waals surface area (Å²) in [6.45, 7) is 0.784. The van der Waals surface area contributed by atoms with E-state index < -0.39 is 12.1 Å². The fraction of sp³-hybridized carbons (Fsp3) is 0.433. The van der Waals surface area contributed by atoms with Gasteiger partial charge in [0.15, 0.2) is 11.5 Å². The van der Waals surface area contributed by atoms with E-state index in [1.165, 1.54) is 0 Å². The maximum Gasteiger partial charge on any atom is 0.306 e. The Morgan fingerprint density at radius 1 is 1.13 bits per heavy atom. The van der Waals surface area contributed by atoms with Crippen LogP contribution in [0.1, 0.15) is 61.1 Å². The highest BCUT2D eigenvalue weighted by Gasteiger charge is 2.34. The van der Waals surface area contributed by atoms with Crippen molar-refractivity contribution >= 4 is 17.6 Å². The SMILES string of the molecule is COc1cccc([C@H]2O[C@H](CCN(C)[C@@H]3CCC[C@H](C(=O)O)C3)c3cccn3-c3ccc(Cl)cc32)c1OC. The fourth-order valence-electron chi connectivity index (χ4n) is 6.01. The first kappa shape index (κ1) is 26.6. The van der Waals surface area contributed by atoms with Gasteiger partial charge in [0.05, 0.1) is 31.5 Å². The average Bonchev–Trinajstić information content (AvgIpc) is 3.38. The van der Waals surface area contributed by atoms with E-state index in [1.54, 1.807) is 14.2 Å². The van der Waals surface area contributed by atoms with Gasteiger partial charge in [-0.25, -0.2) is 0 Å². The molecule has 2 heterocycles. The minimum atomic E-state index is -0.681. The van der Waals surface area contributed by atoms with Crippen LogP contribution in [0.15, 0.2) is 54.7 Å². The molecule has 1 aliphatic heterocycles. The molecule has 1 aromatic heterocycles. The number of aliphatic carboxylic acids is 1. The van der Waals surface area contributed by atoms with Crippen LogP contribution in [0.5, 0.6) is 11.5 Å². The fourth-order valence-corrected chi connectivity index (χ4v) is 6.19. The van der Waals surface area contributed by atoms with Gasteiger partial charge in [0.2, 0.25) is 0 Å². The van der Waals surface area contributed by atoms with Crippen molar-refractivity contribution < 1.29 is 24.1 Å². The Morgan fingerprint density at radius 2 is 1.97 bits per heavy atom. The van der Waals surface area contributed by atoms with Crippen molar-refractivity contribution in [1.82, 2.24) is 9.47 Å². The first-order valence-corrected chi connectivity index (χ1v) is 13.6. The summed E-state index contributed by atoms with van der Waals surface area (Å²) in [6, 6.07) is 16.1. The predicted octanol–water partition coefficient (Wildman–Crippen LogP) is 6.27. The topological polar surface area (TPSA) is 73.2 Å². The smallest absolute Gasteiger partial charge is 0.306 e. The summed E-state index contributed by atoms with van der Waals surface area (Å²) in [5.74, 6) is 0.337. The normalized spacial score (nSPS) is 22.9. The lowest BCUT2D eigenvalue weighted by molar-refractivity contribution is -0.143. The lowest BCUT2D eigenvalue weighted by Crippen LogP contribution is -2.39. The number of hydrogen-bond donors (Lipinski definition) is 1. The summed E-state index contributed by atoms with van der Waals surface area (Å²) in [7, 11) is 5.37. The standard InChI is InChI=1S/C30H35ClN2O5/c1-32(21-8-4-7-19(17-21)30(34)35)16-14-26-25-10-6-15-33(25)24-13-12-20(31)18-23(24)28(38-26)22-9-5-11-27(36-2)29(22)37-3/h5-6,9-13,15,18-19,21,26,28H,4,7-8,14,16-17H2,1-3H3,(H,34,35)/t19-,21+,26+,28+/m0/s1. The third kappa shape index (κ3) is 5.15. The molecule has 8 heteroatoms. The molecule has 0 saturated heterocycles. The van der Waals surface area contributed by atoms with E-state index in [-0.39, 0.29) is 18.1 Å². The van der Waals surface area contributed by atoms with Gasteiger partial charge >= 0.3 is 5.97 Å². The number of para-hydroxylation sites is 1. The summed E-state index contributed by atoms with van der Waals surface area (Å²) < 4.78 is 20.6. The maximum atomic E-state index is 11.6. The Morgan fingerprint density at radius 3 is 2.74 bits per heavy atom. The van der Waals surface area contributed by atoms with Crippen LogP contribution in [-0.2, 0) is 9.53 Å². The Kier molecular flexibility index (Phi) is 7.98. The molecule has 1 fully saturated rings. The molecule has 1 aliphatic carbocycles. The van der Waals surface area contributed by atoms with Crippen molar-refractivity contribution in [2.75, 3.05) is 27.8 Å². The Bertz CT molecular complexity index is 1290. The molecule has 4 atom stereocenters. The molecular formula is C30H35ClN2O5. The second-order valence-corrected chi connectivity index (χ2v) is 10.7. The monoisotopic (exact) mass is 538 g/mol. The van der Waals surface area contributed by atoms with Crippen molar-refractivity contribution in [2.45, 2.75) is 50.4 Å². The Labute approximate surface area is 228 Å². The summed E-state index contributed by atoms with van der Waals surface area (Å²) >= 11 is 6.51. The number of rotatable bonds is 8. The van der Waals surface area contributed by atoms with Crippen LogP contribution in [0.25, 0.3) is 5.69 Å². The number of aromatic nitrogens is 1. The Hall–Kier alpha value is -3.00. The van der Waals surface area contributed by atoms with Crippen LogP contribution in [0.4, 0.5) is 0 Å². The maximum absolute atomic E-state index is 11.6. The first-order valence-electron chi connectivity index (χ1n) is 13.2. The van der Waals surface area contributed by atoms with Gasteiger partial charge in [-0.3, -0.25) is 4.79 Å². The van der Waals surface area contributed by atoms with Crippen molar-refractivity contribution in [3.05, 3.63) is 76.6 Å². The predicted molar refractivity (Wildman–Crippen MR) is 147 cm³/mol. The van der Waals surface area contributed by atoms with Crippen LogP contribution in [0.2, 0.25) is 5.02 Å². The van der Waals surface area contributed by atoms with Crippen molar-refractivity contribution in [3.63, 3.8) is 0 Å². The van der Waals surface area contributed by atoms with E-state index in [9.17, 15) is 9.90 Å². The van der Waals surface area contributed by atoms with Crippen LogP contribution >= 0.6 is 11.6 Å². The molecule has 38 heavy (non-hydrogen) atoms. The van der Waals surface area contributed by atoms with E-state index in [1.807, 2.05) is 42.5 Å². The quantitative estimate of drug-likeness (QED) is 0.364. The van der Waals surface area contributed by atoms with Gasteiger partial charge in [0, 0.05) is 34.9 Å². The molecule has 202 valence electrons. The molecule has 1 saturated carbocycles. The van der Waals surface area contributed by atoms with Gasteiger partial charge in [0.1, 0.15) is 12.2 Å². The number of carboxylic acid groups (broad SMARTS) is 1. The molecule has 0 bridgehead atoms. The molecule has 2 aliphatic rings. The summed E-state index contributed by atoms with van der Waals surface area (Å²) in [4.78, 5) is 13.9.